The van der Waals surface area contributed by atoms with E-state index in [2.05, 4.69) is 65.8 Å². The number of rotatable bonds is 8. The van der Waals surface area contributed by atoms with E-state index in [9.17, 15) is 20.4 Å². The van der Waals surface area contributed by atoms with Gasteiger partial charge in [0.2, 0.25) is 0 Å². The molecule has 0 spiro atoms. The molecule has 0 radical (unpaired) electrons. The van der Waals surface area contributed by atoms with Crippen molar-refractivity contribution in [3.05, 3.63) is 35.5 Å². The fraction of sp³-hybridized carbons (Fsp3) is 0.829. The summed E-state index contributed by atoms with van der Waals surface area (Å²) in [6, 6.07) is 0. The van der Waals surface area contributed by atoms with Crippen molar-refractivity contribution in [1.29, 1.82) is 0 Å². The van der Waals surface area contributed by atoms with Crippen LogP contribution in [0.1, 0.15) is 80.1 Å². The lowest BCUT2D eigenvalue weighted by molar-refractivity contribution is -0.315. The van der Waals surface area contributed by atoms with E-state index in [4.69, 9.17) is 14.2 Å². The Bertz CT molecular complexity index is 1050. The molecule has 42 heavy (non-hydrogen) atoms. The van der Waals surface area contributed by atoms with Crippen LogP contribution in [0.4, 0.5) is 0 Å². The summed E-state index contributed by atoms with van der Waals surface area (Å²) in [5.74, 6) is 3.21. The van der Waals surface area contributed by atoms with Gasteiger partial charge < -0.3 is 34.6 Å². The molecular weight excluding hydrogens is 532 g/mol. The molecule has 1 unspecified atom stereocenters. The maximum Gasteiger partial charge on any atom is 0.186 e. The lowest BCUT2D eigenvalue weighted by Crippen LogP contribution is -2.60. The summed E-state index contributed by atoms with van der Waals surface area (Å²) in [7, 11) is 1.81. The molecule has 238 valence electrons. The van der Waals surface area contributed by atoms with E-state index in [1.54, 1.807) is 7.11 Å². The van der Waals surface area contributed by atoms with E-state index in [-0.39, 0.29) is 29.0 Å². The van der Waals surface area contributed by atoms with Gasteiger partial charge in [-0.2, -0.15) is 0 Å². The Labute approximate surface area is 253 Å². The van der Waals surface area contributed by atoms with Crippen molar-refractivity contribution >= 4 is 0 Å². The minimum atomic E-state index is -1.43. The van der Waals surface area contributed by atoms with Crippen LogP contribution in [0.25, 0.3) is 0 Å². The van der Waals surface area contributed by atoms with Gasteiger partial charge in [0.25, 0.3) is 0 Å². The third-order valence-electron chi connectivity index (χ3n) is 12.4. The van der Waals surface area contributed by atoms with Crippen LogP contribution in [-0.2, 0) is 14.2 Å². The number of aliphatic hydroxyl groups excluding tert-OH is 4. The van der Waals surface area contributed by atoms with E-state index in [1.165, 1.54) is 24.0 Å². The first-order valence-electron chi connectivity index (χ1n) is 16.5. The number of aliphatic hydroxyl groups is 4. The van der Waals surface area contributed by atoms with Crippen LogP contribution in [0, 0.1) is 46.3 Å². The van der Waals surface area contributed by atoms with Crippen molar-refractivity contribution in [1.82, 2.24) is 0 Å². The summed E-state index contributed by atoms with van der Waals surface area (Å²) in [5, 5.41) is 40.6. The maximum atomic E-state index is 10.6. The molecule has 14 atom stereocenters. The third-order valence-corrected chi connectivity index (χ3v) is 12.4. The smallest absolute Gasteiger partial charge is 0.186 e. The fourth-order valence-corrected chi connectivity index (χ4v) is 9.19. The van der Waals surface area contributed by atoms with Crippen molar-refractivity contribution in [2.45, 2.75) is 123 Å². The summed E-state index contributed by atoms with van der Waals surface area (Å²) < 4.78 is 18.1. The molecule has 1 heterocycles. The summed E-state index contributed by atoms with van der Waals surface area (Å²) in [4.78, 5) is 0. The highest BCUT2D eigenvalue weighted by Gasteiger charge is 2.57. The molecule has 0 aromatic rings. The van der Waals surface area contributed by atoms with Crippen LogP contribution >= 0.6 is 0 Å². The Hall–Kier alpha value is -1.06. The standard InChI is InChI=1S/C35H56O7/c1-19(2)20(3)8-9-21(4)24-10-11-25-23-17-28(40-7)27-16-22(12-14-35(27,6)26(23)13-15-34(24,25)5)41-33-32(39)31(38)30(37)29(18-36)42-33/h8-9,13,17,19-22,24-25,27-33,36-39H,10-12,14-16,18H2,1-7H3/b9-8+/t20-,21+,22-,24+,25-,27?,28+,29+,30+,31-,32+,33+,34+,35+/m0/s1. The molecule has 0 amide bonds. The van der Waals surface area contributed by atoms with E-state index in [0.29, 0.717) is 29.6 Å². The first kappa shape index (κ1) is 32.3. The van der Waals surface area contributed by atoms with Crippen LogP contribution in [0.2, 0.25) is 0 Å². The van der Waals surface area contributed by atoms with Crippen LogP contribution in [-0.4, -0.2) is 77.1 Å². The largest absolute Gasteiger partial charge is 0.394 e. The van der Waals surface area contributed by atoms with Gasteiger partial charge in [-0.15, -0.1) is 0 Å². The normalized spacial score (nSPS) is 47.0. The molecule has 7 heteroatoms. The molecule has 5 rings (SSSR count). The van der Waals surface area contributed by atoms with Crippen LogP contribution in [0.5, 0.6) is 0 Å². The minimum absolute atomic E-state index is 0.0301. The van der Waals surface area contributed by atoms with Crippen LogP contribution < -0.4 is 0 Å². The Balaban J connectivity index is 1.34. The lowest BCUT2D eigenvalue weighted by Gasteiger charge is -2.55. The van der Waals surface area contributed by atoms with E-state index < -0.39 is 37.3 Å². The van der Waals surface area contributed by atoms with Crippen molar-refractivity contribution in [2.24, 2.45) is 46.3 Å². The molecule has 0 aromatic heterocycles. The van der Waals surface area contributed by atoms with Crippen LogP contribution in [0.15, 0.2) is 35.5 Å². The average molecular weight is 589 g/mol. The summed E-state index contributed by atoms with van der Waals surface area (Å²) in [5.41, 5.74) is 3.23. The Kier molecular flexibility index (Phi) is 9.53. The Morgan fingerprint density at radius 1 is 1.02 bits per heavy atom. The molecule has 0 bridgehead atoms. The second-order valence-electron chi connectivity index (χ2n) is 15.0. The Morgan fingerprint density at radius 2 is 1.76 bits per heavy atom. The van der Waals surface area contributed by atoms with Gasteiger partial charge in [-0.25, -0.2) is 0 Å². The summed E-state index contributed by atoms with van der Waals surface area (Å²) in [6.45, 7) is 13.8. The molecule has 1 saturated heterocycles. The van der Waals surface area contributed by atoms with Gasteiger partial charge in [0.1, 0.15) is 24.4 Å². The second kappa shape index (κ2) is 12.4. The zero-order valence-electron chi connectivity index (χ0n) is 26.8. The van der Waals surface area contributed by atoms with Crippen molar-refractivity contribution in [3.8, 4) is 0 Å². The predicted octanol–water partition coefficient (Wildman–Crippen LogP) is 4.78. The highest BCUT2D eigenvalue weighted by Crippen LogP contribution is 2.65. The minimum Gasteiger partial charge on any atom is -0.394 e. The topological polar surface area (TPSA) is 109 Å². The molecule has 3 fully saturated rings. The van der Waals surface area contributed by atoms with E-state index >= 15 is 0 Å². The number of ether oxygens (including phenoxy) is 3. The van der Waals surface area contributed by atoms with Gasteiger partial charge in [0, 0.05) is 13.0 Å². The zero-order chi connectivity index (χ0) is 30.6. The predicted molar refractivity (Wildman–Crippen MR) is 162 cm³/mol. The fourth-order valence-electron chi connectivity index (χ4n) is 9.19. The monoisotopic (exact) mass is 588 g/mol. The number of hydrogen-bond acceptors (Lipinski definition) is 7. The van der Waals surface area contributed by atoms with E-state index in [1.807, 2.05) is 0 Å². The molecule has 7 nitrogen and oxygen atoms in total. The Morgan fingerprint density at radius 3 is 2.43 bits per heavy atom. The molecular formula is C35H56O7. The molecule has 1 aliphatic heterocycles. The third kappa shape index (κ3) is 5.50. The summed E-state index contributed by atoms with van der Waals surface area (Å²) in [6.07, 6.45) is 9.46. The first-order chi connectivity index (χ1) is 19.8. The number of methoxy groups -OCH3 is 1. The molecule has 5 aliphatic rings. The lowest BCUT2D eigenvalue weighted by atomic mass is 9.51. The highest BCUT2D eigenvalue weighted by molar-refractivity contribution is 5.47. The van der Waals surface area contributed by atoms with Crippen molar-refractivity contribution in [2.75, 3.05) is 13.7 Å². The zero-order valence-corrected chi connectivity index (χ0v) is 26.8. The summed E-state index contributed by atoms with van der Waals surface area (Å²) >= 11 is 0. The van der Waals surface area contributed by atoms with Gasteiger partial charge in [-0.3, -0.25) is 0 Å². The highest BCUT2D eigenvalue weighted by atomic mass is 16.7. The number of hydrogen-bond donors (Lipinski definition) is 4. The van der Waals surface area contributed by atoms with E-state index in [0.717, 1.165) is 25.7 Å². The first-order valence-corrected chi connectivity index (χ1v) is 16.5. The van der Waals surface area contributed by atoms with Gasteiger partial charge >= 0.3 is 0 Å². The maximum absolute atomic E-state index is 10.6. The van der Waals surface area contributed by atoms with Crippen LogP contribution in [0.3, 0.4) is 0 Å². The quantitative estimate of drug-likeness (QED) is 0.302. The number of fused-ring (bicyclic) bond motifs is 5. The molecule has 4 aliphatic carbocycles. The van der Waals surface area contributed by atoms with Gasteiger partial charge in [-0.05, 0) is 90.1 Å². The SMILES string of the molecule is CO[C@@H]1C=C2C(=CC[C@]3(C)[C@@H]([C@H](C)/C=C/[C@H](C)C(C)C)CC[C@@H]23)[C@@]2(C)CC[C@H](O[C@@H]3O[C@H](CO)[C@@H](O)[C@H](O)[C@H]3O)CC12. The average Bonchev–Trinajstić information content (AvgIpc) is 3.33. The molecule has 4 N–H and O–H groups in total. The van der Waals surface area contributed by atoms with Crippen molar-refractivity contribution < 1.29 is 34.6 Å². The molecule has 0 aromatic carbocycles. The van der Waals surface area contributed by atoms with Gasteiger partial charge in [0.05, 0.1) is 18.8 Å². The van der Waals surface area contributed by atoms with Crippen molar-refractivity contribution in [3.63, 3.8) is 0 Å². The molecule has 2 saturated carbocycles. The van der Waals surface area contributed by atoms with Gasteiger partial charge in [-0.1, -0.05) is 65.8 Å². The number of allylic oxidation sites excluding steroid dienone is 5. The second-order valence-corrected chi connectivity index (χ2v) is 15.0. The van der Waals surface area contributed by atoms with Gasteiger partial charge in [0.15, 0.2) is 6.29 Å².